The van der Waals surface area contributed by atoms with Gasteiger partial charge in [-0.05, 0) is 42.8 Å². The molecule has 0 spiro atoms. The van der Waals surface area contributed by atoms with Gasteiger partial charge in [0.15, 0.2) is 0 Å². The van der Waals surface area contributed by atoms with E-state index in [0.29, 0.717) is 18.0 Å². The van der Waals surface area contributed by atoms with Crippen molar-refractivity contribution in [1.29, 1.82) is 0 Å². The van der Waals surface area contributed by atoms with Crippen molar-refractivity contribution in [3.8, 4) is 5.75 Å². The van der Waals surface area contributed by atoms with E-state index in [-0.39, 0.29) is 17.2 Å². The highest BCUT2D eigenvalue weighted by Gasteiger charge is 2.23. The molecule has 2 heterocycles. The number of unbranched alkanes of at least 4 members (excludes halogenated alkanes) is 1. The van der Waals surface area contributed by atoms with E-state index in [1.807, 2.05) is 0 Å². The van der Waals surface area contributed by atoms with E-state index in [2.05, 4.69) is 38.0 Å². The Kier molecular flexibility index (Phi) is 7.25. The van der Waals surface area contributed by atoms with Gasteiger partial charge in [-0.3, -0.25) is 30.7 Å². The molecule has 0 saturated heterocycles. The van der Waals surface area contributed by atoms with Gasteiger partial charge in [0.25, 0.3) is 5.91 Å². The fraction of sp³-hybridized carbons (Fsp3) is 0.200. The summed E-state index contributed by atoms with van der Waals surface area (Å²) in [6.07, 6.45) is 6.04. The zero-order chi connectivity index (χ0) is 22.1. The summed E-state index contributed by atoms with van der Waals surface area (Å²) in [6.45, 7) is 2.71. The first kappa shape index (κ1) is 21.4. The number of hydrogen-bond donors (Lipinski definition) is 3. The van der Waals surface area contributed by atoms with Crippen LogP contribution in [0.2, 0.25) is 0 Å². The number of aromatic nitrogens is 3. The minimum absolute atomic E-state index is 0.0298. The summed E-state index contributed by atoms with van der Waals surface area (Å²) in [4.78, 5) is 34.9. The van der Waals surface area contributed by atoms with Gasteiger partial charge in [0.2, 0.25) is 11.6 Å². The van der Waals surface area contributed by atoms with Crippen LogP contribution in [0, 0.1) is 10.1 Å². The quantitative estimate of drug-likeness (QED) is 0.253. The molecule has 0 unspecified atom stereocenters. The molecule has 0 aliphatic heterocycles. The number of amides is 1. The van der Waals surface area contributed by atoms with Crippen molar-refractivity contribution >= 4 is 28.9 Å². The number of hydrazine groups is 1. The lowest BCUT2D eigenvalue weighted by Gasteiger charge is -2.11. The van der Waals surface area contributed by atoms with Gasteiger partial charge in [-0.15, -0.1) is 0 Å². The van der Waals surface area contributed by atoms with Crippen LogP contribution in [0.1, 0.15) is 30.1 Å². The third-order valence-corrected chi connectivity index (χ3v) is 4.11. The summed E-state index contributed by atoms with van der Waals surface area (Å²) in [5.41, 5.74) is 5.29. The molecule has 0 aliphatic carbocycles. The van der Waals surface area contributed by atoms with Crippen molar-refractivity contribution in [2.24, 2.45) is 0 Å². The van der Waals surface area contributed by atoms with Crippen molar-refractivity contribution < 1.29 is 14.5 Å². The molecule has 160 valence electrons. The molecule has 0 radical (unpaired) electrons. The van der Waals surface area contributed by atoms with Crippen LogP contribution in [0.3, 0.4) is 0 Å². The molecule has 31 heavy (non-hydrogen) atoms. The van der Waals surface area contributed by atoms with E-state index in [1.165, 1.54) is 12.4 Å². The van der Waals surface area contributed by atoms with Crippen molar-refractivity contribution in [3.05, 3.63) is 70.8 Å². The van der Waals surface area contributed by atoms with Crippen LogP contribution in [0.4, 0.5) is 23.0 Å². The first-order chi connectivity index (χ1) is 15.1. The Bertz CT molecular complexity index is 1030. The molecule has 0 aliphatic rings. The number of pyridine rings is 1. The third-order valence-electron chi connectivity index (χ3n) is 4.11. The number of carbonyl (C=O) groups is 1. The Morgan fingerprint density at radius 2 is 1.94 bits per heavy atom. The summed E-state index contributed by atoms with van der Waals surface area (Å²) in [7, 11) is 0. The topological polar surface area (TPSA) is 144 Å². The maximum absolute atomic E-state index is 12.1. The Morgan fingerprint density at radius 1 is 1.16 bits per heavy atom. The lowest BCUT2D eigenvalue weighted by Crippen LogP contribution is -2.30. The number of ether oxygens (including phenoxy) is 1. The Morgan fingerprint density at radius 3 is 2.61 bits per heavy atom. The van der Waals surface area contributed by atoms with Gasteiger partial charge in [-0.2, -0.15) is 0 Å². The first-order valence-electron chi connectivity index (χ1n) is 9.54. The molecular formula is C20H21N7O4. The van der Waals surface area contributed by atoms with E-state index >= 15 is 0 Å². The van der Waals surface area contributed by atoms with E-state index in [4.69, 9.17) is 4.74 Å². The molecule has 0 saturated carbocycles. The van der Waals surface area contributed by atoms with Crippen LogP contribution >= 0.6 is 0 Å². The standard InChI is InChI=1S/C20H21N7O4/c1-2-3-11-31-16-8-6-15(7-9-16)24-18-17(27(29)30)19(23-13-22-18)25-26-20(28)14-5-4-10-21-12-14/h4-10,12-13H,2-3,11H2,1H3,(H,26,28)(H2,22,23,24,25). The van der Waals surface area contributed by atoms with E-state index < -0.39 is 16.5 Å². The van der Waals surface area contributed by atoms with E-state index in [9.17, 15) is 14.9 Å². The molecule has 2 aromatic heterocycles. The molecule has 0 bridgehead atoms. The Hall–Kier alpha value is -4.28. The summed E-state index contributed by atoms with van der Waals surface area (Å²) < 4.78 is 5.61. The molecule has 0 fully saturated rings. The van der Waals surface area contributed by atoms with Crippen LogP contribution in [0.25, 0.3) is 0 Å². The van der Waals surface area contributed by atoms with Gasteiger partial charge in [0.05, 0.1) is 17.1 Å². The van der Waals surface area contributed by atoms with Crippen molar-refractivity contribution in [2.45, 2.75) is 19.8 Å². The van der Waals surface area contributed by atoms with Gasteiger partial charge >= 0.3 is 5.69 Å². The largest absolute Gasteiger partial charge is 0.494 e. The minimum atomic E-state index is -0.636. The van der Waals surface area contributed by atoms with Crippen LogP contribution in [-0.4, -0.2) is 32.4 Å². The lowest BCUT2D eigenvalue weighted by molar-refractivity contribution is -0.383. The molecular weight excluding hydrogens is 402 g/mol. The summed E-state index contributed by atoms with van der Waals surface area (Å²) in [5.74, 6) is -0.0112. The van der Waals surface area contributed by atoms with Gasteiger partial charge in [0.1, 0.15) is 12.1 Å². The molecule has 11 heteroatoms. The maximum atomic E-state index is 12.1. The highest BCUT2D eigenvalue weighted by atomic mass is 16.6. The fourth-order valence-electron chi connectivity index (χ4n) is 2.53. The predicted molar refractivity (Wildman–Crippen MR) is 114 cm³/mol. The highest BCUT2D eigenvalue weighted by Crippen LogP contribution is 2.31. The Labute approximate surface area is 178 Å². The van der Waals surface area contributed by atoms with Crippen molar-refractivity contribution in [1.82, 2.24) is 20.4 Å². The second kappa shape index (κ2) is 10.5. The van der Waals surface area contributed by atoms with E-state index in [1.54, 1.807) is 36.4 Å². The number of anilines is 3. The SMILES string of the molecule is CCCCOc1ccc(Nc2ncnc(NNC(=O)c3cccnc3)c2[N+](=O)[O-])cc1. The zero-order valence-corrected chi connectivity index (χ0v) is 16.7. The van der Waals surface area contributed by atoms with Gasteiger partial charge in [-0.1, -0.05) is 13.3 Å². The molecule has 1 aromatic carbocycles. The number of nitrogens with zero attached hydrogens (tertiary/aromatic N) is 4. The second-order valence-corrected chi connectivity index (χ2v) is 6.35. The fourth-order valence-corrected chi connectivity index (χ4v) is 2.53. The number of hydrogen-bond acceptors (Lipinski definition) is 9. The van der Waals surface area contributed by atoms with Crippen LogP contribution in [-0.2, 0) is 0 Å². The van der Waals surface area contributed by atoms with Crippen molar-refractivity contribution in [2.75, 3.05) is 17.3 Å². The van der Waals surface area contributed by atoms with Crippen LogP contribution < -0.4 is 20.9 Å². The number of rotatable bonds is 10. The minimum Gasteiger partial charge on any atom is -0.494 e. The molecule has 3 N–H and O–H groups in total. The van der Waals surface area contributed by atoms with Crippen LogP contribution in [0.15, 0.2) is 55.1 Å². The maximum Gasteiger partial charge on any atom is 0.355 e. The third kappa shape index (κ3) is 5.85. The molecule has 0 atom stereocenters. The average molecular weight is 423 g/mol. The normalized spacial score (nSPS) is 10.2. The molecule has 1 amide bonds. The number of carbonyl (C=O) groups excluding carboxylic acids is 1. The average Bonchev–Trinajstić information content (AvgIpc) is 2.79. The number of benzene rings is 1. The lowest BCUT2D eigenvalue weighted by atomic mass is 10.3. The monoisotopic (exact) mass is 423 g/mol. The number of nitrogens with one attached hydrogen (secondary N) is 3. The van der Waals surface area contributed by atoms with Gasteiger partial charge in [-0.25, -0.2) is 9.97 Å². The van der Waals surface area contributed by atoms with Crippen LogP contribution in [0.5, 0.6) is 5.75 Å². The molecule has 3 rings (SSSR count). The summed E-state index contributed by atoms with van der Waals surface area (Å²) in [5, 5.41) is 14.5. The zero-order valence-electron chi connectivity index (χ0n) is 16.7. The van der Waals surface area contributed by atoms with Crippen molar-refractivity contribution in [3.63, 3.8) is 0 Å². The second-order valence-electron chi connectivity index (χ2n) is 6.35. The molecule has 3 aromatic rings. The Balaban J connectivity index is 1.72. The van der Waals surface area contributed by atoms with Gasteiger partial charge < -0.3 is 10.1 Å². The predicted octanol–water partition coefficient (Wildman–Crippen LogP) is 3.46. The summed E-state index contributed by atoms with van der Waals surface area (Å²) in [6, 6.07) is 10.1. The highest BCUT2D eigenvalue weighted by molar-refractivity contribution is 5.94. The number of nitro groups is 1. The smallest absolute Gasteiger partial charge is 0.355 e. The van der Waals surface area contributed by atoms with E-state index in [0.717, 1.165) is 19.2 Å². The summed E-state index contributed by atoms with van der Waals surface area (Å²) >= 11 is 0. The first-order valence-corrected chi connectivity index (χ1v) is 9.54. The van der Waals surface area contributed by atoms with Gasteiger partial charge in [0, 0.05) is 18.1 Å². The molecule has 11 nitrogen and oxygen atoms in total.